The number of hydrogen-bond donors (Lipinski definition) is 1. The number of likely N-dealkylation sites (tertiary alicyclic amines) is 1. The van der Waals surface area contributed by atoms with Gasteiger partial charge in [0, 0.05) is 19.6 Å². The Morgan fingerprint density at radius 3 is 2.24 bits per heavy atom. The number of hydrogen-bond acceptors (Lipinski definition) is 3. The summed E-state index contributed by atoms with van der Waals surface area (Å²) >= 11 is 0. The minimum Gasteiger partial charge on any atom is -0.379 e. The molecule has 0 aromatic carbocycles. The summed E-state index contributed by atoms with van der Waals surface area (Å²) in [6, 6.07) is 0.470. The molecule has 1 rings (SSSR count). The second kappa shape index (κ2) is 10.5. The van der Waals surface area contributed by atoms with Crippen LogP contribution < -0.4 is 5.73 Å². The SMILES string of the molecule is CCC([C@H](C)CC(=O)N1[C@@H](C)CC[C@H]1[C@H](OC)[C@@H](C)CN)[C@@H](C)CC. The summed E-state index contributed by atoms with van der Waals surface area (Å²) in [5.74, 6) is 2.27. The van der Waals surface area contributed by atoms with Gasteiger partial charge in [0.1, 0.15) is 0 Å². The zero-order chi connectivity index (χ0) is 19.1. The fourth-order valence-electron chi connectivity index (χ4n) is 4.87. The number of ether oxygens (including phenoxy) is 1. The Morgan fingerprint density at radius 2 is 1.76 bits per heavy atom. The third-order valence-electron chi connectivity index (χ3n) is 6.66. The first-order valence-corrected chi connectivity index (χ1v) is 10.4. The van der Waals surface area contributed by atoms with Crippen molar-refractivity contribution in [2.24, 2.45) is 29.4 Å². The van der Waals surface area contributed by atoms with Gasteiger partial charge in [-0.25, -0.2) is 0 Å². The van der Waals surface area contributed by atoms with Crippen molar-refractivity contribution in [3.63, 3.8) is 0 Å². The average molecular weight is 355 g/mol. The number of methoxy groups -OCH3 is 1. The van der Waals surface area contributed by atoms with Crippen LogP contribution in [0.25, 0.3) is 0 Å². The van der Waals surface area contributed by atoms with Crippen LogP contribution >= 0.6 is 0 Å². The van der Waals surface area contributed by atoms with Gasteiger partial charge in [-0.3, -0.25) is 4.79 Å². The fraction of sp³-hybridized carbons (Fsp3) is 0.952. The molecule has 1 unspecified atom stereocenters. The van der Waals surface area contributed by atoms with Crippen molar-refractivity contribution in [3.05, 3.63) is 0 Å². The van der Waals surface area contributed by atoms with Gasteiger partial charge in [0.25, 0.3) is 0 Å². The Kier molecular flexibility index (Phi) is 9.44. The summed E-state index contributed by atoms with van der Waals surface area (Å²) in [6.45, 7) is 14.0. The highest BCUT2D eigenvalue weighted by Crippen LogP contribution is 2.34. The molecule has 2 N–H and O–H groups in total. The summed E-state index contributed by atoms with van der Waals surface area (Å²) in [5, 5.41) is 0. The van der Waals surface area contributed by atoms with Crippen LogP contribution in [0.2, 0.25) is 0 Å². The van der Waals surface area contributed by atoms with Gasteiger partial charge in [-0.1, -0.05) is 47.5 Å². The maximum Gasteiger partial charge on any atom is 0.223 e. The van der Waals surface area contributed by atoms with Crippen LogP contribution in [0.5, 0.6) is 0 Å². The lowest BCUT2D eigenvalue weighted by Crippen LogP contribution is -2.50. The van der Waals surface area contributed by atoms with E-state index >= 15 is 0 Å². The Hall–Kier alpha value is -0.610. The maximum absolute atomic E-state index is 13.2. The van der Waals surface area contributed by atoms with Gasteiger partial charge in [0.2, 0.25) is 5.91 Å². The monoisotopic (exact) mass is 354 g/mol. The average Bonchev–Trinajstić information content (AvgIpc) is 2.97. The van der Waals surface area contributed by atoms with Gasteiger partial charge in [-0.2, -0.15) is 0 Å². The molecular formula is C21H42N2O2. The number of amides is 1. The van der Waals surface area contributed by atoms with E-state index in [1.807, 2.05) is 0 Å². The Bertz CT molecular complexity index is 401. The summed E-state index contributed by atoms with van der Waals surface area (Å²) in [6.07, 6.45) is 5.09. The zero-order valence-electron chi connectivity index (χ0n) is 17.6. The van der Waals surface area contributed by atoms with E-state index in [9.17, 15) is 4.79 Å². The van der Waals surface area contributed by atoms with Crippen LogP contribution in [0.3, 0.4) is 0 Å². The van der Waals surface area contributed by atoms with E-state index in [0.717, 1.165) is 19.3 Å². The molecule has 1 amide bonds. The first-order chi connectivity index (χ1) is 11.8. The normalized spacial score (nSPS) is 27.0. The molecule has 1 saturated heterocycles. The van der Waals surface area contributed by atoms with Gasteiger partial charge in [-0.15, -0.1) is 0 Å². The van der Waals surface area contributed by atoms with E-state index in [1.54, 1.807) is 7.11 Å². The fourth-order valence-corrected chi connectivity index (χ4v) is 4.87. The Balaban J connectivity index is 2.85. The van der Waals surface area contributed by atoms with Crippen molar-refractivity contribution < 1.29 is 9.53 Å². The second-order valence-corrected chi connectivity index (χ2v) is 8.35. The highest BCUT2D eigenvalue weighted by atomic mass is 16.5. The van der Waals surface area contributed by atoms with Crippen LogP contribution in [-0.2, 0) is 9.53 Å². The van der Waals surface area contributed by atoms with Crippen molar-refractivity contribution in [1.29, 1.82) is 0 Å². The smallest absolute Gasteiger partial charge is 0.223 e. The second-order valence-electron chi connectivity index (χ2n) is 8.35. The molecule has 7 atom stereocenters. The van der Waals surface area contributed by atoms with E-state index < -0.39 is 0 Å². The van der Waals surface area contributed by atoms with E-state index in [4.69, 9.17) is 10.5 Å². The molecule has 0 aliphatic carbocycles. The van der Waals surface area contributed by atoms with Crippen LogP contribution in [0.15, 0.2) is 0 Å². The lowest BCUT2D eigenvalue weighted by Gasteiger charge is -2.37. The molecule has 0 radical (unpaired) electrons. The van der Waals surface area contributed by atoms with Gasteiger partial charge in [0.05, 0.1) is 12.1 Å². The third kappa shape index (κ3) is 5.43. The zero-order valence-corrected chi connectivity index (χ0v) is 17.6. The summed E-state index contributed by atoms with van der Waals surface area (Å²) in [4.78, 5) is 15.3. The molecule has 1 fully saturated rings. The van der Waals surface area contributed by atoms with Gasteiger partial charge in [-0.05, 0) is 50.0 Å². The molecule has 0 spiro atoms. The topological polar surface area (TPSA) is 55.6 Å². The quantitative estimate of drug-likeness (QED) is 0.643. The lowest BCUT2D eigenvalue weighted by atomic mass is 9.78. The molecule has 25 heavy (non-hydrogen) atoms. The predicted octanol–water partition coefficient (Wildman–Crippen LogP) is 4.07. The maximum atomic E-state index is 13.2. The van der Waals surface area contributed by atoms with Crippen molar-refractivity contribution in [3.8, 4) is 0 Å². The predicted molar refractivity (Wildman–Crippen MR) is 105 cm³/mol. The summed E-state index contributed by atoms with van der Waals surface area (Å²) in [7, 11) is 1.75. The molecule has 4 nitrogen and oxygen atoms in total. The number of nitrogens with two attached hydrogens (primary N) is 1. The van der Waals surface area contributed by atoms with Crippen molar-refractivity contribution in [2.75, 3.05) is 13.7 Å². The molecule has 1 heterocycles. The van der Waals surface area contributed by atoms with Crippen LogP contribution in [0, 0.1) is 23.7 Å². The van der Waals surface area contributed by atoms with E-state index in [2.05, 4.69) is 46.4 Å². The molecular weight excluding hydrogens is 312 g/mol. The molecule has 0 bridgehead atoms. The molecule has 0 aromatic rings. The Morgan fingerprint density at radius 1 is 1.12 bits per heavy atom. The minimum atomic E-state index is 0.0331. The van der Waals surface area contributed by atoms with Gasteiger partial charge in [0.15, 0.2) is 0 Å². The molecule has 1 aliphatic rings. The Labute approximate surface area is 155 Å². The lowest BCUT2D eigenvalue weighted by molar-refractivity contribution is -0.139. The number of nitrogens with zero attached hydrogens (tertiary/aromatic N) is 1. The third-order valence-corrected chi connectivity index (χ3v) is 6.66. The molecule has 1 aliphatic heterocycles. The molecule has 0 saturated carbocycles. The van der Waals surface area contributed by atoms with E-state index in [0.29, 0.717) is 42.7 Å². The first kappa shape index (κ1) is 22.4. The van der Waals surface area contributed by atoms with E-state index in [-0.39, 0.29) is 18.1 Å². The van der Waals surface area contributed by atoms with Gasteiger partial charge >= 0.3 is 0 Å². The van der Waals surface area contributed by atoms with Crippen molar-refractivity contribution in [2.45, 2.75) is 91.8 Å². The molecule has 148 valence electrons. The van der Waals surface area contributed by atoms with Crippen LogP contribution in [-0.4, -0.2) is 42.6 Å². The largest absolute Gasteiger partial charge is 0.379 e. The highest BCUT2D eigenvalue weighted by Gasteiger charge is 2.41. The highest BCUT2D eigenvalue weighted by molar-refractivity contribution is 5.77. The number of carbonyl (C=O) groups excluding carboxylic acids is 1. The van der Waals surface area contributed by atoms with Gasteiger partial charge < -0.3 is 15.4 Å². The number of carbonyl (C=O) groups is 1. The van der Waals surface area contributed by atoms with Crippen LogP contribution in [0.4, 0.5) is 0 Å². The molecule has 0 aromatic heterocycles. The molecule has 4 heteroatoms. The first-order valence-electron chi connectivity index (χ1n) is 10.4. The summed E-state index contributed by atoms with van der Waals surface area (Å²) in [5.41, 5.74) is 5.88. The van der Waals surface area contributed by atoms with Crippen molar-refractivity contribution in [1.82, 2.24) is 4.90 Å². The van der Waals surface area contributed by atoms with Crippen LogP contribution in [0.1, 0.15) is 73.6 Å². The standard InChI is InChI=1S/C21H42N2O2/c1-8-14(3)18(9-2)15(4)12-20(24)23-17(6)10-11-19(23)21(25-7)16(5)13-22/h14-19,21H,8-13,22H2,1-7H3/t14-,15+,16-,17-,18?,19-,21+/m0/s1. The van der Waals surface area contributed by atoms with E-state index in [1.165, 1.54) is 6.42 Å². The number of rotatable bonds is 10. The van der Waals surface area contributed by atoms with Crippen molar-refractivity contribution >= 4 is 5.91 Å². The minimum absolute atomic E-state index is 0.0331. The summed E-state index contributed by atoms with van der Waals surface area (Å²) < 4.78 is 5.77.